The number of hydrogen-bond donors (Lipinski definition) is 2. The first-order valence-corrected chi connectivity index (χ1v) is 4.75. The molecule has 1 heterocycles. The van der Waals surface area contributed by atoms with Crippen LogP contribution in [0.3, 0.4) is 0 Å². The molecule has 1 aromatic heterocycles. The lowest BCUT2D eigenvalue weighted by molar-refractivity contribution is -0.384. The van der Waals surface area contributed by atoms with E-state index in [-0.39, 0.29) is 5.69 Å². The smallest absolute Gasteiger partial charge is 0.273 e. The summed E-state index contributed by atoms with van der Waals surface area (Å²) in [5.74, 6) is 0.739. The second kappa shape index (κ2) is 4.12. The van der Waals surface area contributed by atoms with Crippen LogP contribution in [0.2, 0.25) is 0 Å². The monoisotopic (exact) mass is 234 g/mol. The first-order valence-electron chi connectivity index (χ1n) is 4.75. The molecule has 0 unspecified atom stereocenters. The van der Waals surface area contributed by atoms with Gasteiger partial charge >= 0.3 is 0 Å². The highest BCUT2D eigenvalue weighted by Gasteiger charge is 2.13. The lowest BCUT2D eigenvalue weighted by atomic mass is 10.1. The van der Waals surface area contributed by atoms with Crippen LogP contribution in [-0.2, 0) is 0 Å². The second-order valence-electron chi connectivity index (χ2n) is 3.35. The van der Waals surface area contributed by atoms with Crippen molar-refractivity contribution in [3.8, 4) is 17.0 Å². The Bertz CT molecular complexity index is 564. The number of nitrogens with two attached hydrogens (primary N) is 1. The Morgan fingerprint density at radius 3 is 2.76 bits per heavy atom. The summed E-state index contributed by atoms with van der Waals surface area (Å²) in [6.45, 7) is 0. The number of nitrogens with one attached hydrogen (secondary N) is 1. The van der Waals surface area contributed by atoms with Gasteiger partial charge in [-0.3, -0.25) is 15.2 Å². The number of nitrogen functional groups attached to an aromatic ring is 1. The van der Waals surface area contributed by atoms with Crippen molar-refractivity contribution in [3.63, 3.8) is 0 Å². The number of nitrogens with zero attached hydrogens (tertiary/aromatic N) is 2. The molecule has 0 fully saturated rings. The second-order valence-corrected chi connectivity index (χ2v) is 3.35. The standard InChI is InChI=1S/C10H10N4O3/c1-17-9-4-6(14(15)16)2-3-7(9)8-5-10(11)13-12-8/h2-5H,1H3,(H3,11,12,13). The summed E-state index contributed by atoms with van der Waals surface area (Å²) in [6, 6.07) is 5.97. The first kappa shape index (κ1) is 10.9. The summed E-state index contributed by atoms with van der Waals surface area (Å²) in [4.78, 5) is 10.2. The summed E-state index contributed by atoms with van der Waals surface area (Å²) in [6.07, 6.45) is 0. The number of methoxy groups -OCH3 is 1. The van der Waals surface area contributed by atoms with E-state index >= 15 is 0 Å². The highest BCUT2D eigenvalue weighted by atomic mass is 16.6. The third kappa shape index (κ3) is 2.03. The average molecular weight is 234 g/mol. The molecule has 0 spiro atoms. The normalized spacial score (nSPS) is 10.2. The molecule has 0 aliphatic rings. The molecule has 17 heavy (non-hydrogen) atoms. The number of ether oxygens (including phenoxy) is 1. The Morgan fingerprint density at radius 2 is 2.24 bits per heavy atom. The molecule has 2 rings (SSSR count). The van der Waals surface area contributed by atoms with Gasteiger partial charge in [-0.1, -0.05) is 0 Å². The maximum Gasteiger partial charge on any atom is 0.273 e. The van der Waals surface area contributed by atoms with Crippen molar-refractivity contribution in [1.82, 2.24) is 10.2 Å². The van der Waals surface area contributed by atoms with Gasteiger partial charge in [-0.2, -0.15) is 5.10 Å². The number of hydrogen-bond acceptors (Lipinski definition) is 5. The third-order valence-electron chi connectivity index (χ3n) is 2.28. The van der Waals surface area contributed by atoms with Crippen molar-refractivity contribution in [2.75, 3.05) is 12.8 Å². The predicted octanol–water partition coefficient (Wildman–Crippen LogP) is 1.58. The number of benzene rings is 1. The number of H-pyrrole nitrogens is 1. The zero-order valence-electron chi connectivity index (χ0n) is 9.01. The Labute approximate surface area is 96.4 Å². The lowest BCUT2D eigenvalue weighted by Crippen LogP contribution is -1.92. The van der Waals surface area contributed by atoms with Gasteiger partial charge in [-0.05, 0) is 6.07 Å². The molecule has 0 aliphatic heterocycles. The summed E-state index contributed by atoms with van der Waals surface area (Å²) < 4.78 is 5.11. The zero-order valence-corrected chi connectivity index (χ0v) is 9.01. The van der Waals surface area contributed by atoms with Crippen molar-refractivity contribution in [3.05, 3.63) is 34.4 Å². The van der Waals surface area contributed by atoms with Crippen molar-refractivity contribution in [2.24, 2.45) is 0 Å². The minimum Gasteiger partial charge on any atom is -0.496 e. The van der Waals surface area contributed by atoms with Gasteiger partial charge in [-0.25, -0.2) is 0 Å². The molecule has 3 N–H and O–H groups in total. The number of rotatable bonds is 3. The van der Waals surface area contributed by atoms with E-state index in [0.717, 1.165) is 0 Å². The summed E-state index contributed by atoms with van der Waals surface area (Å²) in [5, 5.41) is 17.1. The highest BCUT2D eigenvalue weighted by Crippen LogP contribution is 2.32. The molecule has 7 heteroatoms. The molecular formula is C10H10N4O3. The molecule has 0 aliphatic carbocycles. The molecule has 0 saturated carbocycles. The molecule has 0 saturated heterocycles. The van der Waals surface area contributed by atoms with E-state index in [9.17, 15) is 10.1 Å². The maximum atomic E-state index is 10.6. The number of aromatic amines is 1. The quantitative estimate of drug-likeness (QED) is 0.619. The summed E-state index contributed by atoms with van der Waals surface area (Å²) in [7, 11) is 1.45. The Kier molecular flexibility index (Phi) is 2.65. The van der Waals surface area contributed by atoms with Crippen molar-refractivity contribution in [1.29, 1.82) is 0 Å². The average Bonchev–Trinajstić information content (AvgIpc) is 2.74. The maximum absolute atomic E-state index is 10.6. The Hall–Kier alpha value is -2.57. The van der Waals surface area contributed by atoms with Gasteiger partial charge in [-0.15, -0.1) is 0 Å². The molecule has 1 aromatic carbocycles. The van der Waals surface area contributed by atoms with Crippen LogP contribution in [0.1, 0.15) is 0 Å². The fraction of sp³-hybridized carbons (Fsp3) is 0.100. The van der Waals surface area contributed by atoms with Gasteiger partial charge in [0.15, 0.2) is 0 Å². The van der Waals surface area contributed by atoms with E-state index in [4.69, 9.17) is 10.5 Å². The van der Waals surface area contributed by atoms with E-state index in [1.54, 1.807) is 12.1 Å². The molecule has 0 radical (unpaired) electrons. The van der Waals surface area contributed by atoms with Crippen LogP contribution in [0.4, 0.5) is 11.5 Å². The topological polar surface area (TPSA) is 107 Å². The molecule has 88 valence electrons. The number of aromatic nitrogens is 2. The van der Waals surface area contributed by atoms with Crippen LogP contribution in [-0.4, -0.2) is 22.2 Å². The van der Waals surface area contributed by atoms with Crippen LogP contribution in [0.5, 0.6) is 5.75 Å². The predicted molar refractivity (Wildman–Crippen MR) is 61.6 cm³/mol. The van der Waals surface area contributed by atoms with Gasteiger partial charge in [0, 0.05) is 17.7 Å². The van der Waals surface area contributed by atoms with Crippen molar-refractivity contribution < 1.29 is 9.66 Å². The van der Waals surface area contributed by atoms with Crippen molar-refractivity contribution in [2.45, 2.75) is 0 Å². The van der Waals surface area contributed by atoms with Crippen LogP contribution < -0.4 is 10.5 Å². The van der Waals surface area contributed by atoms with Crippen LogP contribution in [0, 0.1) is 10.1 Å². The van der Waals surface area contributed by atoms with Crippen LogP contribution in [0.25, 0.3) is 11.3 Å². The lowest BCUT2D eigenvalue weighted by Gasteiger charge is -2.05. The molecule has 0 atom stereocenters. The number of non-ortho nitro benzene ring substituents is 1. The van der Waals surface area contributed by atoms with E-state index in [0.29, 0.717) is 22.8 Å². The number of anilines is 1. The largest absolute Gasteiger partial charge is 0.496 e. The van der Waals surface area contributed by atoms with Crippen LogP contribution >= 0.6 is 0 Å². The molecule has 2 aromatic rings. The van der Waals surface area contributed by atoms with Crippen molar-refractivity contribution >= 4 is 11.5 Å². The van der Waals surface area contributed by atoms with Gasteiger partial charge in [0.25, 0.3) is 5.69 Å². The number of nitro benzene ring substituents is 1. The van der Waals surface area contributed by atoms with Gasteiger partial charge in [0.2, 0.25) is 0 Å². The summed E-state index contributed by atoms with van der Waals surface area (Å²) in [5.41, 5.74) is 6.78. The fourth-order valence-corrected chi connectivity index (χ4v) is 1.49. The van der Waals surface area contributed by atoms with E-state index in [1.807, 2.05) is 0 Å². The Morgan fingerprint density at radius 1 is 1.47 bits per heavy atom. The SMILES string of the molecule is COc1cc([N+](=O)[O-])ccc1-c1cc(N)n[nH]1. The minimum atomic E-state index is -0.479. The van der Waals surface area contributed by atoms with Gasteiger partial charge < -0.3 is 10.5 Å². The highest BCUT2D eigenvalue weighted by molar-refractivity contribution is 5.70. The molecular weight excluding hydrogens is 224 g/mol. The zero-order chi connectivity index (χ0) is 12.4. The molecule has 0 amide bonds. The Balaban J connectivity index is 2.51. The molecule has 0 bridgehead atoms. The first-order chi connectivity index (χ1) is 8.11. The number of nitro groups is 1. The van der Waals surface area contributed by atoms with Gasteiger partial charge in [0.05, 0.1) is 23.8 Å². The minimum absolute atomic E-state index is 0.0295. The molecule has 7 nitrogen and oxygen atoms in total. The van der Waals surface area contributed by atoms with Crippen LogP contribution in [0.15, 0.2) is 24.3 Å². The van der Waals surface area contributed by atoms with E-state index in [1.165, 1.54) is 19.2 Å². The van der Waals surface area contributed by atoms with E-state index < -0.39 is 4.92 Å². The third-order valence-corrected chi connectivity index (χ3v) is 2.28. The fourth-order valence-electron chi connectivity index (χ4n) is 1.49. The summed E-state index contributed by atoms with van der Waals surface area (Å²) >= 11 is 0. The van der Waals surface area contributed by atoms with Gasteiger partial charge in [0.1, 0.15) is 11.6 Å². The van der Waals surface area contributed by atoms with E-state index in [2.05, 4.69) is 10.2 Å².